The highest BCUT2D eigenvalue weighted by atomic mass is 35.5. The third-order valence-corrected chi connectivity index (χ3v) is 8.47. The number of anilines is 2. The molecule has 6 rings (SSSR count). The second-order valence-corrected chi connectivity index (χ2v) is 11.2. The van der Waals surface area contributed by atoms with E-state index in [2.05, 4.69) is 45.2 Å². The van der Waals surface area contributed by atoms with Crippen molar-refractivity contribution in [2.75, 3.05) is 22.9 Å². The first-order chi connectivity index (χ1) is 19.4. The highest BCUT2D eigenvalue weighted by molar-refractivity contribution is 7.80. The number of pyridine rings is 1. The van der Waals surface area contributed by atoms with E-state index in [0.29, 0.717) is 10.1 Å². The number of halogens is 1. The normalized spacial score (nSPS) is 19.6. The van der Waals surface area contributed by atoms with E-state index in [4.69, 9.17) is 23.8 Å². The van der Waals surface area contributed by atoms with Crippen molar-refractivity contribution in [2.24, 2.45) is 5.92 Å². The second-order valence-electron chi connectivity index (χ2n) is 10.4. The fourth-order valence-electron chi connectivity index (χ4n) is 5.69. The number of thiocarbonyl (C=S) groups is 1. The summed E-state index contributed by atoms with van der Waals surface area (Å²) >= 11 is 12.8. The summed E-state index contributed by atoms with van der Waals surface area (Å²) in [7, 11) is 0. The van der Waals surface area contributed by atoms with Gasteiger partial charge in [0.15, 0.2) is 5.11 Å². The molecule has 0 amide bonds. The number of rotatable bonds is 6. The molecule has 2 atom stereocenters. The van der Waals surface area contributed by atoms with Crippen molar-refractivity contribution in [1.29, 1.82) is 0 Å². The van der Waals surface area contributed by atoms with E-state index in [1.807, 2.05) is 41.1 Å². The summed E-state index contributed by atoms with van der Waals surface area (Å²) in [6.07, 6.45) is 6.05. The van der Waals surface area contributed by atoms with E-state index < -0.39 is 4.92 Å². The number of non-ortho nitro benzene ring substituents is 1. The second kappa shape index (κ2) is 10.9. The molecule has 40 heavy (non-hydrogen) atoms. The summed E-state index contributed by atoms with van der Waals surface area (Å²) in [4.78, 5) is 19.9. The fraction of sp³-hybridized carbons (Fsp3) is 0.267. The van der Waals surface area contributed by atoms with Crippen molar-refractivity contribution in [2.45, 2.75) is 31.8 Å². The average Bonchev–Trinajstić information content (AvgIpc) is 3.58. The lowest BCUT2D eigenvalue weighted by atomic mass is 9.98. The number of piperidine rings is 1. The number of hydrogen-bond donors (Lipinski definition) is 1. The summed E-state index contributed by atoms with van der Waals surface area (Å²) in [5.74, 6) is 0.735. The Morgan fingerprint density at radius 1 is 1.02 bits per heavy atom. The van der Waals surface area contributed by atoms with Gasteiger partial charge in [0, 0.05) is 54.7 Å². The van der Waals surface area contributed by atoms with E-state index in [0.717, 1.165) is 60.3 Å². The van der Waals surface area contributed by atoms with Crippen LogP contribution in [0.15, 0.2) is 85.2 Å². The molecule has 204 valence electrons. The largest absolute Gasteiger partial charge is 0.370 e. The molecule has 2 unspecified atom stereocenters. The molecule has 0 bridgehead atoms. The summed E-state index contributed by atoms with van der Waals surface area (Å²) in [5, 5.41) is 16.0. The van der Waals surface area contributed by atoms with Crippen molar-refractivity contribution in [3.8, 4) is 5.69 Å². The lowest BCUT2D eigenvalue weighted by molar-refractivity contribution is -0.384. The summed E-state index contributed by atoms with van der Waals surface area (Å²) < 4.78 is 2.04. The molecule has 2 aliphatic rings. The predicted octanol–water partition coefficient (Wildman–Crippen LogP) is 6.85. The van der Waals surface area contributed by atoms with E-state index in [9.17, 15) is 10.1 Å². The molecular formula is C30H29ClN6O2S. The first kappa shape index (κ1) is 26.3. The molecule has 0 saturated carbocycles. The van der Waals surface area contributed by atoms with Gasteiger partial charge in [0.25, 0.3) is 5.69 Å². The van der Waals surface area contributed by atoms with Gasteiger partial charge in [0.05, 0.1) is 27.4 Å². The molecule has 4 aromatic rings. The first-order valence-corrected chi connectivity index (χ1v) is 14.2. The van der Waals surface area contributed by atoms with E-state index in [-0.39, 0.29) is 17.8 Å². The molecule has 2 saturated heterocycles. The van der Waals surface area contributed by atoms with Gasteiger partial charge in [-0.05, 0) is 85.6 Å². The summed E-state index contributed by atoms with van der Waals surface area (Å²) in [6, 6.07) is 22.1. The maximum atomic E-state index is 11.2. The average molecular weight is 573 g/mol. The molecule has 0 radical (unpaired) electrons. The Bertz CT molecular complexity index is 1540. The van der Waals surface area contributed by atoms with Gasteiger partial charge in [-0.25, -0.2) is 0 Å². The van der Waals surface area contributed by atoms with Crippen LogP contribution in [-0.4, -0.2) is 32.7 Å². The maximum absolute atomic E-state index is 11.2. The quantitative estimate of drug-likeness (QED) is 0.154. The standard InChI is InChI=1S/C30H29ClN6O2S/c1-20-13-17-34(18-14-20)26-12-11-23(19-24(26)31)36-29(28(33-30(36)40)25-5-2-3-15-32-25)27-6-4-16-35(27)21-7-9-22(10-8-21)37(38)39/h2-12,15-16,19-20,28-29H,13-14,17-18H2,1H3,(H,33,40). The third-order valence-electron chi connectivity index (χ3n) is 7.85. The Morgan fingerprint density at radius 3 is 2.45 bits per heavy atom. The van der Waals surface area contributed by atoms with Crippen molar-refractivity contribution < 1.29 is 4.92 Å². The summed E-state index contributed by atoms with van der Waals surface area (Å²) in [5.41, 5.74) is 4.61. The Morgan fingerprint density at radius 2 is 1.77 bits per heavy atom. The first-order valence-electron chi connectivity index (χ1n) is 13.4. The number of benzene rings is 2. The zero-order valence-electron chi connectivity index (χ0n) is 22.0. The van der Waals surface area contributed by atoms with Crippen molar-refractivity contribution in [3.63, 3.8) is 0 Å². The molecule has 0 aliphatic carbocycles. The SMILES string of the molecule is CC1CCN(c2ccc(N3C(=S)NC(c4ccccn4)C3c3cccn3-c3ccc([N+](=O)[O-])cc3)cc2Cl)CC1. The maximum Gasteiger partial charge on any atom is 0.269 e. The third kappa shape index (κ3) is 4.91. The van der Waals surface area contributed by atoms with Crippen LogP contribution in [0.3, 0.4) is 0 Å². The van der Waals surface area contributed by atoms with E-state index >= 15 is 0 Å². The predicted molar refractivity (Wildman–Crippen MR) is 162 cm³/mol. The topological polar surface area (TPSA) is 79.5 Å². The molecular weight excluding hydrogens is 544 g/mol. The van der Waals surface area contributed by atoms with Gasteiger partial charge < -0.3 is 19.7 Å². The lowest BCUT2D eigenvalue weighted by Crippen LogP contribution is -2.33. The number of nitro benzene ring substituents is 1. The van der Waals surface area contributed by atoms with Crippen LogP contribution >= 0.6 is 23.8 Å². The number of hydrogen-bond acceptors (Lipinski definition) is 5. The van der Waals surface area contributed by atoms with Crippen LogP contribution in [-0.2, 0) is 0 Å². The number of aromatic nitrogens is 2. The Balaban J connectivity index is 1.41. The molecule has 1 N–H and O–H groups in total. The van der Waals surface area contributed by atoms with E-state index in [1.54, 1.807) is 18.3 Å². The molecule has 0 spiro atoms. The Hall–Kier alpha value is -3.95. The fourth-order valence-corrected chi connectivity index (χ4v) is 6.33. The van der Waals surface area contributed by atoms with Crippen LogP contribution < -0.4 is 15.1 Å². The molecule has 2 fully saturated rings. The van der Waals surface area contributed by atoms with Crippen LogP contribution in [0.5, 0.6) is 0 Å². The highest BCUT2D eigenvalue weighted by Crippen LogP contribution is 2.44. The van der Waals surface area contributed by atoms with Crippen LogP contribution in [0.25, 0.3) is 5.69 Å². The number of nitro groups is 1. The molecule has 8 nitrogen and oxygen atoms in total. The monoisotopic (exact) mass is 572 g/mol. The number of nitrogens with one attached hydrogen (secondary N) is 1. The smallest absolute Gasteiger partial charge is 0.269 e. The molecule has 2 aliphatic heterocycles. The minimum atomic E-state index is -0.392. The minimum absolute atomic E-state index is 0.0482. The zero-order valence-corrected chi connectivity index (χ0v) is 23.6. The summed E-state index contributed by atoms with van der Waals surface area (Å²) in [6.45, 7) is 4.29. The van der Waals surface area contributed by atoms with Gasteiger partial charge in [0.2, 0.25) is 0 Å². The molecule has 10 heteroatoms. The molecule has 2 aromatic carbocycles. The van der Waals surface area contributed by atoms with Gasteiger partial charge in [-0.3, -0.25) is 15.1 Å². The van der Waals surface area contributed by atoms with Crippen LogP contribution in [0, 0.1) is 16.0 Å². The van der Waals surface area contributed by atoms with Gasteiger partial charge in [-0.2, -0.15) is 0 Å². The van der Waals surface area contributed by atoms with E-state index in [1.165, 1.54) is 12.1 Å². The van der Waals surface area contributed by atoms with Crippen molar-refractivity contribution >= 4 is 46.0 Å². The van der Waals surface area contributed by atoms with Crippen LogP contribution in [0.4, 0.5) is 17.1 Å². The lowest BCUT2D eigenvalue weighted by Gasteiger charge is -2.33. The minimum Gasteiger partial charge on any atom is -0.370 e. The van der Waals surface area contributed by atoms with Crippen molar-refractivity contribution in [1.82, 2.24) is 14.9 Å². The van der Waals surface area contributed by atoms with Gasteiger partial charge in [-0.1, -0.05) is 24.6 Å². The molecule has 2 aromatic heterocycles. The van der Waals surface area contributed by atoms with Crippen LogP contribution in [0.2, 0.25) is 5.02 Å². The van der Waals surface area contributed by atoms with Crippen LogP contribution in [0.1, 0.15) is 43.2 Å². The number of nitrogens with zero attached hydrogens (tertiary/aromatic N) is 5. The Kier molecular flexibility index (Phi) is 7.16. The van der Waals surface area contributed by atoms with Crippen molar-refractivity contribution in [3.05, 3.63) is 112 Å². The molecule has 4 heterocycles. The Labute approximate surface area is 243 Å². The van der Waals surface area contributed by atoms with Gasteiger partial charge in [0.1, 0.15) is 6.04 Å². The highest BCUT2D eigenvalue weighted by Gasteiger charge is 2.42. The van der Waals surface area contributed by atoms with Gasteiger partial charge >= 0.3 is 0 Å². The zero-order chi connectivity index (χ0) is 27.8. The van der Waals surface area contributed by atoms with Gasteiger partial charge in [-0.15, -0.1) is 0 Å².